The molecular formula is C20H27N5O. The second-order valence-electron chi connectivity index (χ2n) is 7.36. The van der Waals surface area contributed by atoms with E-state index in [1.807, 2.05) is 16.9 Å². The normalized spacial score (nSPS) is 21.4. The van der Waals surface area contributed by atoms with Crippen molar-refractivity contribution in [2.24, 2.45) is 0 Å². The lowest BCUT2D eigenvalue weighted by molar-refractivity contribution is -0.131. The van der Waals surface area contributed by atoms with Gasteiger partial charge in [-0.05, 0) is 57.0 Å². The molecular weight excluding hydrogens is 326 g/mol. The number of piperidine rings is 1. The number of rotatable bonds is 5. The predicted molar refractivity (Wildman–Crippen MR) is 102 cm³/mol. The Balaban J connectivity index is 1.42. The van der Waals surface area contributed by atoms with Crippen molar-refractivity contribution in [1.82, 2.24) is 20.4 Å². The molecule has 0 radical (unpaired) electrons. The lowest BCUT2D eigenvalue weighted by Crippen LogP contribution is -2.55. The number of benzene rings is 1. The van der Waals surface area contributed by atoms with E-state index in [1.165, 1.54) is 11.3 Å². The summed E-state index contributed by atoms with van der Waals surface area (Å²) in [4.78, 5) is 15.5. The Morgan fingerprint density at radius 2 is 2.12 bits per heavy atom. The van der Waals surface area contributed by atoms with E-state index >= 15 is 0 Å². The van der Waals surface area contributed by atoms with Gasteiger partial charge in [-0.1, -0.05) is 18.2 Å². The Hall–Kier alpha value is -2.34. The first-order chi connectivity index (χ1) is 12.7. The lowest BCUT2D eigenvalue weighted by atomic mass is 9.87. The Labute approximate surface area is 154 Å². The summed E-state index contributed by atoms with van der Waals surface area (Å²) in [6.07, 6.45) is 6.27. The van der Waals surface area contributed by atoms with E-state index in [-0.39, 0.29) is 5.91 Å². The summed E-state index contributed by atoms with van der Waals surface area (Å²) < 4.78 is 1.84. The van der Waals surface area contributed by atoms with Crippen LogP contribution in [0.15, 0.2) is 42.7 Å². The van der Waals surface area contributed by atoms with Crippen molar-refractivity contribution in [3.63, 3.8) is 0 Å². The van der Waals surface area contributed by atoms with Gasteiger partial charge >= 0.3 is 0 Å². The number of hydrogen-bond acceptors (Lipinski definition) is 4. The van der Waals surface area contributed by atoms with Crippen LogP contribution in [-0.4, -0.2) is 47.9 Å². The molecule has 0 aliphatic carbocycles. The van der Waals surface area contributed by atoms with Crippen molar-refractivity contribution in [2.45, 2.75) is 37.8 Å². The maximum Gasteiger partial charge on any atom is 0.248 e. The van der Waals surface area contributed by atoms with Gasteiger partial charge in [-0.3, -0.25) is 9.48 Å². The number of carbonyl (C=O) groups is 1. The van der Waals surface area contributed by atoms with E-state index in [0.717, 1.165) is 38.9 Å². The van der Waals surface area contributed by atoms with Crippen LogP contribution in [0.25, 0.3) is 0 Å². The fourth-order valence-electron chi connectivity index (χ4n) is 4.35. The molecule has 1 unspecified atom stereocenters. The Morgan fingerprint density at radius 1 is 1.31 bits per heavy atom. The maximum absolute atomic E-state index is 13.1. The molecule has 0 spiro atoms. The average molecular weight is 353 g/mol. The number of anilines is 1. The lowest BCUT2D eigenvalue weighted by Gasteiger charge is -2.36. The summed E-state index contributed by atoms with van der Waals surface area (Å²) in [5, 5.41) is 10.9. The zero-order chi connectivity index (χ0) is 18.0. The Morgan fingerprint density at radius 3 is 2.88 bits per heavy atom. The highest BCUT2D eigenvalue weighted by atomic mass is 16.2. The van der Waals surface area contributed by atoms with Gasteiger partial charge in [0.1, 0.15) is 5.54 Å². The number of nitrogens with zero attached hydrogens (tertiary/aromatic N) is 3. The minimum atomic E-state index is -0.566. The Bertz CT molecular complexity index is 751. The second kappa shape index (κ2) is 7.11. The Kier molecular flexibility index (Phi) is 4.68. The summed E-state index contributed by atoms with van der Waals surface area (Å²) in [5.41, 5.74) is 2.14. The van der Waals surface area contributed by atoms with Crippen LogP contribution in [-0.2, 0) is 16.8 Å². The molecule has 1 aromatic heterocycles. The molecule has 1 fully saturated rings. The number of fused-ring (bicyclic) bond motifs is 1. The van der Waals surface area contributed by atoms with Gasteiger partial charge < -0.3 is 15.5 Å². The smallest absolute Gasteiger partial charge is 0.248 e. The highest BCUT2D eigenvalue weighted by Gasteiger charge is 2.41. The molecule has 2 aliphatic rings. The van der Waals surface area contributed by atoms with E-state index in [9.17, 15) is 4.79 Å². The molecule has 2 aromatic rings. The molecule has 1 saturated heterocycles. The first kappa shape index (κ1) is 17.1. The molecule has 1 atom stereocenters. The van der Waals surface area contributed by atoms with Crippen LogP contribution in [0.4, 0.5) is 5.69 Å². The summed E-state index contributed by atoms with van der Waals surface area (Å²) in [6, 6.07) is 10.9. The van der Waals surface area contributed by atoms with Gasteiger partial charge in [0, 0.05) is 37.2 Å². The van der Waals surface area contributed by atoms with E-state index < -0.39 is 5.54 Å². The van der Waals surface area contributed by atoms with Crippen molar-refractivity contribution >= 4 is 11.6 Å². The highest BCUT2D eigenvalue weighted by Crippen LogP contribution is 2.31. The topological polar surface area (TPSA) is 62.2 Å². The largest absolute Gasteiger partial charge is 0.367 e. The van der Waals surface area contributed by atoms with Crippen LogP contribution >= 0.6 is 0 Å². The SMILES string of the molecule is CC1Cc2ccccc2N1CCNC(=O)C1(n2cccn2)CCNCC1. The molecule has 6 heteroatoms. The molecule has 26 heavy (non-hydrogen) atoms. The fraction of sp³-hybridized carbons (Fsp3) is 0.500. The first-order valence-electron chi connectivity index (χ1n) is 9.54. The van der Waals surface area contributed by atoms with Crippen molar-refractivity contribution < 1.29 is 4.79 Å². The number of nitrogens with one attached hydrogen (secondary N) is 2. The molecule has 6 nitrogen and oxygen atoms in total. The number of aromatic nitrogens is 2. The van der Waals surface area contributed by atoms with E-state index in [0.29, 0.717) is 12.6 Å². The summed E-state index contributed by atoms with van der Waals surface area (Å²) in [5.74, 6) is 0.0860. The van der Waals surface area contributed by atoms with Crippen molar-refractivity contribution in [2.75, 3.05) is 31.1 Å². The fourth-order valence-corrected chi connectivity index (χ4v) is 4.35. The molecule has 2 N–H and O–H groups in total. The van der Waals surface area contributed by atoms with Crippen molar-refractivity contribution in [3.05, 3.63) is 48.3 Å². The molecule has 3 heterocycles. The molecule has 138 valence electrons. The van der Waals surface area contributed by atoms with Gasteiger partial charge in [-0.25, -0.2) is 0 Å². The van der Waals surface area contributed by atoms with Crippen LogP contribution in [0.1, 0.15) is 25.3 Å². The van der Waals surface area contributed by atoms with Crippen LogP contribution in [0, 0.1) is 0 Å². The molecule has 0 bridgehead atoms. The van der Waals surface area contributed by atoms with Crippen molar-refractivity contribution in [3.8, 4) is 0 Å². The zero-order valence-corrected chi connectivity index (χ0v) is 15.3. The van der Waals surface area contributed by atoms with E-state index in [1.54, 1.807) is 6.20 Å². The van der Waals surface area contributed by atoms with E-state index in [2.05, 4.69) is 51.8 Å². The molecule has 2 aliphatic heterocycles. The quantitative estimate of drug-likeness (QED) is 0.856. The third-order valence-corrected chi connectivity index (χ3v) is 5.78. The maximum atomic E-state index is 13.1. The minimum Gasteiger partial charge on any atom is -0.367 e. The standard InChI is InChI=1S/C20H27N5O/c1-16-15-17-5-2-3-6-18(17)24(16)14-12-22-19(26)20(7-10-21-11-8-20)25-13-4-9-23-25/h2-6,9,13,16,21H,7-8,10-12,14-15H2,1H3,(H,22,26). The minimum absolute atomic E-state index is 0.0860. The zero-order valence-electron chi connectivity index (χ0n) is 15.3. The van der Waals surface area contributed by atoms with Gasteiger partial charge in [0.15, 0.2) is 0 Å². The second-order valence-corrected chi connectivity index (χ2v) is 7.36. The molecule has 4 rings (SSSR count). The van der Waals surface area contributed by atoms with Crippen LogP contribution in [0.2, 0.25) is 0 Å². The van der Waals surface area contributed by atoms with E-state index in [4.69, 9.17) is 0 Å². The van der Waals surface area contributed by atoms with Crippen LogP contribution < -0.4 is 15.5 Å². The molecule has 1 aromatic carbocycles. The van der Waals surface area contributed by atoms with Gasteiger partial charge in [-0.2, -0.15) is 5.10 Å². The van der Waals surface area contributed by atoms with Gasteiger partial charge in [0.2, 0.25) is 5.91 Å². The van der Waals surface area contributed by atoms with Crippen LogP contribution in [0.3, 0.4) is 0 Å². The number of hydrogen-bond donors (Lipinski definition) is 2. The third-order valence-electron chi connectivity index (χ3n) is 5.78. The van der Waals surface area contributed by atoms with Gasteiger partial charge in [0.05, 0.1) is 0 Å². The van der Waals surface area contributed by atoms with Crippen LogP contribution in [0.5, 0.6) is 0 Å². The summed E-state index contributed by atoms with van der Waals surface area (Å²) in [7, 11) is 0. The summed E-state index contributed by atoms with van der Waals surface area (Å²) >= 11 is 0. The summed E-state index contributed by atoms with van der Waals surface area (Å²) in [6.45, 7) is 5.40. The third kappa shape index (κ3) is 2.98. The number of para-hydroxylation sites is 1. The monoisotopic (exact) mass is 353 g/mol. The van der Waals surface area contributed by atoms with Gasteiger partial charge in [-0.15, -0.1) is 0 Å². The molecule has 1 amide bonds. The number of carbonyl (C=O) groups excluding carboxylic acids is 1. The van der Waals surface area contributed by atoms with Gasteiger partial charge in [0.25, 0.3) is 0 Å². The predicted octanol–water partition coefficient (Wildman–Crippen LogP) is 1.53. The first-order valence-corrected chi connectivity index (χ1v) is 9.54. The number of amides is 1. The average Bonchev–Trinajstić information content (AvgIpc) is 3.31. The van der Waals surface area contributed by atoms with Crippen molar-refractivity contribution in [1.29, 1.82) is 0 Å². The molecule has 0 saturated carbocycles. The highest BCUT2D eigenvalue weighted by molar-refractivity contribution is 5.84.